The second-order valence-electron chi connectivity index (χ2n) is 21.9. The SMILES string of the molecule is CN[C@@H](C)C(=O)N[C@H]1CN(S(=O)(=O)c2cccc(S(=O)(=O)N3CC[C@H]4CC[C@@H](C(=O)NC(c5ccccc5)c5ccc(C)cc5)N4C(=O)[C@@H](NC(=O)[C@H](C)NC)C3)c2)CC[C@H]2CCC(C(=O)NC(c3ccccc3)c3ccccc3)N2C1=O. The molecule has 0 radical (unpaired) electrons. The van der Waals surface area contributed by atoms with Crippen LogP contribution in [-0.2, 0) is 48.8 Å². The molecule has 6 amide bonds. The Morgan fingerprint density at radius 3 is 1.20 bits per heavy atom. The van der Waals surface area contributed by atoms with Gasteiger partial charge in [0.2, 0.25) is 55.5 Å². The van der Waals surface area contributed by atoms with Gasteiger partial charge in [-0.2, -0.15) is 8.61 Å². The number of carbonyl (C=O) groups excluding carboxylic acids is 6. The van der Waals surface area contributed by atoms with Crippen LogP contribution in [0.25, 0.3) is 0 Å². The normalized spacial score (nSPS) is 22.9. The van der Waals surface area contributed by atoms with Crippen LogP contribution in [0, 0.1) is 6.92 Å². The van der Waals surface area contributed by atoms with Crippen LogP contribution in [0.1, 0.15) is 92.3 Å². The van der Waals surface area contributed by atoms with Crippen LogP contribution in [0.15, 0.2) is 149 Å². The number of carbonyl (C=O) groups is 6. The molecule has 6 N–H and O–H groups in total. The zero-order valence-corrected chi connectivity index (χ0v) is 48.9. The fourth-order valence-electron chi connectivity index (χ4n) is 11.7. The Hall–Kier alpha value is -7.34. The Morgan fingerprint density at radius 2 is 0.843 bits per heavy atom. The van der Waals surface area contributed by atoms with Crippen molar-refractivity contribution in [3.8, 4) is 0 Å². The summed E-state index contributed by atoms with van der Waals surface area (Å²) in [5.74, 6) is -3.25. The quantitative estimate of drug-likeness (QED) is 0.0738. The van der Waals surface area contributed by atoms with Gasteiger partial charge in [-0.3, -0.25) is 28.8 Å². The highest BCUT2D eigenvalue weighted by molar-refractivity contribution is 7.90. The average molecular weight is 1170 g/mol. The first-order valence-electron chi connectivity index (χ1n) is 28.3. The van der Waals surface area contributed by atoms with Gasteiger partial charge in [0.25, 0.3) is 0 Å². The molecular formula is C61H74N10O10S2. The van der Waals surface area contributed by atoms with Gasteiger partial charge in [0.1, 0.15) is 24.2 Å². The molecule has 5 aromatic carbocycles. The molecule has 0 spiro atoms. The number of aryl methyl sites for hydroxylation is 1. The van der Waals surface area contributed by atoms with E-state index in [0.717, 1.165) is 42.5 Å². The highest BCUT2D eigenvalue weighted by Crippen LogP contribution is 2.35. The molecule has 9 atom stereocenters. The Morgan fingerprint density at radius 1 is 0.482 bits per heavy atom. The van der Waals surface area contributed by atoms with Gasteiger partial charge in [0.05, 0.1) is 34.0 Å². The van der Waals surface area contributed by atoms with E-state index >= 15 is 16.8 Å². The van der Waals surface area contributed by atoms with Crippen LogP contribution < -0.4 is 31.9 Å². The van der Waals surface area contributed by atoms with Crippen molar-refractivity contribution < 1.29 is 45.6 Å². The Bertz CT molecular complexity index is 3340. The minimum absolute atomic E-state index is 0.128. The molecule has 0 bridgehead atoms. The van der Waals surface area contributed by atoms with E-state index in [0.29, 0.717) is 12.8 Å². The minimum Gasteiger partial charge on any atom is -0.343 e. The summed E-state index contributed by atoms with van der Waals surface area (Å²) < 4.78 is 62.2. The van der Waals surface area contributed by atoms with E-state index in [2.05, 4.69) is 31.9 Å². The molecule has 22 heteroatoms. The maximum absolute atomic E-state index is 15.0. The average Bonchev–Trinajstić information content (AvgIpc) is 4.36. The zero-order chi connectivity index (χ0) is 59.2. The molecule has 4 saturated heterocycles. The molecule has 0 aromatic heterocycles. The van der Waals surface area contributed by atoms with Crippen LogP contribution in [0.2, 0.25) is 0 Å². The molecule has 2 unspecified atom stereocenters. The molecular weight excluding hydrogens is 1100 g/mol. The summed E-state index contributed by atoms with van der Waals surface area (Å²) in [6.45, 7) is 3.77. The zero-order valence-electron chi connectivity index (χ0n) is 47.3. The second kappa shape index (κ2) is 26.1. The van der Waals surface area contributed by atoms with Crippen LogP contribution in [0.5, 0.6) is 0 Å². The van der Waals surface area contributed by atoms with Crippen LogP contribution in [0.3, 0.4) is 0 Å². The molecule has 5 aromatic rings. The van der Waals surface area contributed by atoms with Crippen molar-refractivity contribution in [3.05, 3.63) is 167 Å². The summed E-state index contributed by atoms with van der Waals surface area (Å²) in [7, 11) is -6.13. The fourth-order valence-corrected chi connectivity index (χ4v) is 14.8. The third-order valence-corrected chi connectivity index (χ3v) is 20.4. The summed E-state index contributed by atoms with van der Waals surface area (Å²) >= 11 is 0. The molecule has 440 valence electrons. The van der Waals surface area contributed by atoms with E-state index in [4.69, 9.17) is 0 Å². The van der Waals surface area contributed by atoms with Crippen LogP contribution in [0.4, 0.5) is 0 Å². The third kappa shape index (κ3) is 13.2. The van der Waals surface area contributed by atoms with Gasteiger partial charge in [0.15, 0.2) is 0 Å². The summed E-state index contributed by atoms with van der Waals surface area (Å²) in [5.41, 5.74) is 4.38. The predicted octanol–water partition coefficient (Wildman–Crippen LogP) is 3.50. The highest BCUT2D eigenvalue weighted by atomic mass is 32.2. The Labute approximate surface area is 486 Å². The lowest BCUT2D eigenvalue weighted by molar-refractivity contribution is -0.144. The molecule has 4 heterocycles. The number of nitrogens with one attached hydrogen (secondary N) is 6. The fraction of sp³-hybridized carbons (Fsp3) is 0.410. The number of nitrogens with zero attached hydrogens (tertiary/aromatic N) is 4. The van der Waals surface area contributed by atoms with Gasteiger partial charge >= 0.3 is 0 Å². The van der Waals surface area contributed by atoms with Gasteiger partial charge in [0, 0.05) is 38.3 Å². The monoisotopic (exact) mass is 1170 g/mol. The van der Waals surface area contributed by atoms with Crippen LogP contribution >= 0.6 is 0 Å². The van der Waals surface area contributed by atoms with Crippen molar-refractivity contribution in [2.75, 3.05) is 40.3 Å². The van der Waals surface area contributed by atoms with Gasteiger partial charge in [-0.1, -0.05) is 127 Å². The second-order valence-corrected chi connectivity index (χ2v) is 25.8. The van der Waals surface area contributed by atoms with E-state index in [-0.39, 0.29) is 38.8 Å². The smallest absolute Gasteiger partial charge is 0.247 e. The van der Waals surface area contributed by atoms with E-state index in [1.165, 1.54) is 28.0 Å². The largest absolute Gasteiger partial charge is 0.343 e. The first-order valence-corrected chi connectivity index (χ1v) is 31.2. The molecule has 4 aliphatic rings. The number of hydrogen-bond acceptors (Lipinski definition) is 12. The number of benzene rings is 5. The summed E-state index contributed by atoms with van der Waals surface area (Å²) in [5, 5.41) is 17.6. The third-order valence-electron chi connectivity index (χ3n) is 16.7. The molecule has 83 heavy (non-hydrogen) atoms. The van der Waals surface area contributed by atoms with E-state index < -0.39 is 139 Å². The lowest BCUT2D eigenvalue weighted by Crippen LogP contribution is -2.62. The lowest BCUT2D eigenvalue weighted by atomic mass is 9.97. The van der Waals surface area contributed by atoms with Gasteiger partial charge in [-0.25, -0.2) is 16.8 Å². The predicted molar refractivity (Wildman–Crippen MR) is 312 cm³/mol. The first kappa shape index (κ1) is 60.3. The molecule has 20 nitrogen and oxygen atoms in total. The van der Waals surface area contributed by atoms with Crippen LogP contribution in [-0.4, -0.2) is 159 Å². The van der Waals surface area contributed by atoms with Crippen molar-refractivity contribution in [1.29, 1.82) is 0 Å². The number of likely N-dealkylation sites (N-methyl/N-ethyl adjacent to an activating group) is 2. The van der Waals surface area contributed by atoms with Crippen molar-refractivity contribution >= 4 is 55.5 Å². The Balaban J connectivity index is 0.962. The van der Waals surface area contributed by atoms with E-state index in [1.54, 1.807) is 27.9 Å². The van der Waals surface area contributed by atoms with Crippen molar-refractivity contribution in [2.24, 2.45) is 0 Å². The van der Waals surface area contributed by atoms with E-state index in [9.17, 15) is 28.8 Å². The maximum atomic E-state index is 15.0. The van der Waals surface area contributed by atoms with Crippen molar-refractivity contribution in [3.63, 3.8) is 0 Å². The number of rotatable bonds is 18. The summed E-state index contributed by atoms with van der Waals surface area (Å²) in [6.07, 6.45) is 1.54. The molecule has 9 rings (SSSR count). The number of hydrogen-bond donors (Lipinski definition) is 6. The molecule has 0 aliphatic carbocycles. The number of fused-ring (bicyclic) bond motifs is 2. The molecule has 4 fully saturated rings. The molecule has 0 saturated carbocycles. The van der Waals surface area contributed by atoms with Gasteiger partial charge in [-0.15, -0.1) is 0 Å². The summed E-state index contributed by atoms with van der Waals surface area (Å²) in [6, 6.07) is 32.4. The van der Waals surface area contributed by atoms with E-state index in [1.807, 2.05) is 122 Å². The van der Waals surface area contributed by atoms with Gasteiger partial charge in [-0.05, 0) is 114 Å². The molecule has 4 aliphatic heterocycles. The van der Waals surface area contributed by atoms with Crippen molar-refractivity contribution in [1.82, 2.24) is 50.3 Å². The minimum atomic E-state index is -4.63. The lowest BCUT2D eigenvalue weighted by Gasteiger charge is -2.39. The topological polar surface area (TPSA) is 256 Å². The van der Waals surface area contributed by atoms with Gasteiger partial charge < -0.3 is 41.7 Å². The standard InChI is InChI=1S/C61H74N10O10S2/c1-39-24-26-45(27-25-39)55(44-20-13-8-14-21-44)67-59(75)53-31-29-47-33-35-69(38-51(61(77)71(47)53)65-57(73)41(3)63-5)83(80,81)49-23-15-22-48(36-49)82(78,79)68-34-32-46-28-30-52(70(46)60(76)50(37-68)64-56(72)40(2)62-4)58(74)66-54(42-16-9-6-10-17-42)43-18-11-7-12-19-43/h6-27,36,40-41,46-47,50-55,62-63H,28-35,37-38H2,1-5H3,(H,64,72)(H,65,73)(H,66,74)(H,67,75)/t40-,41-,46+,47+,50-,51-,52?,53-,55?/m0/s1. The number of amides is 6. The summed E-state index contributed by atoms with van der Waals surface area (Å²) in [4.78, 5) is 88.4. The number of sulfonamides is 2. The maximum Gasteiger partial charge on any atom is 0.247 e. The highest BCUT2D eigenvalue weighted by Gasteiger charge is 2.49. The Kier molecular flexibility index (Phi) is 18.9. The first-order chi connectivity index (χ1) is 39.8. The van der Waals surface area contributed by atoms with Crippen molar-refractivity contribution in [2.45, 2.75) is 130 Å².